The maximum atomic E-state index is 12.7. The molecule has 0 aliphatic heterocycles. The molecular formula is C12H10F3N3O2. The van der Waals surface area contributed by atoms with E-state index in [1.165, 1.54) is 12.1 Å². The molecule has 1 aromatic heterocycles. The van der Waals surface area contributed by atoms with Gasteiger partial charge in [0.25, 0.3) is 0 Å². The summed E-state index contributed by atoms with van der Waals surface area (Å²) < 4.78 is 38.7. The summed E-state index contributed by atoms with van der Waals surface area (Å²) in [7, 11) is 1.11. The molecule has 106 valence electrons. The van der Waals surface area contributed by atoms with Crippen LogP contribution in [0.2, 0.25) is 0 Å². The van der Waals surface area contributed by atoms with Crippen LogP contribution in [-0.2, 0) is 13.2 Å². The Labute approximate surface area is 111 Å². The maximum absolute atomic E-state index is 12.7. The number of hydrogen-bond acceptors (Lipinski definition) is 2. The summed E-state index contributed by atoms with van der Waals surface area (Å²) in [5.41, 5.74) is -0.804. The first-order valence-electron chi connectivity index (χ1n) is 5.50. The average Bonchev–Trinajstić information content (AvgIpc) is 2.72. The van der Waals surface area contributed by atoms with Gasteiger partial charge in [0, 0.05) is 13.1 Å². The number of anilines is 2. The zero-order valence-electron chi connectivity index (χ0n) is 10.3. The van der Waals surface area contributed by atoms with Gasteiger partial charge in [-0.05, 0) is 12.1 Å². The first-order chi connectivity index (χ1) is 9.30. The van der Waals surface area contributed by atoms with Gasteiger partial charge >= 0.3 is 12.3 Å². The van der Waals surface area contributed by atoms with E-state index in [2.05, 4.69) is 5.10 Å². The SMILES string of the molecule is Cn1nc(N(C(=O)O)c2ccccc2)cc1C(F)(F)F. The quantitative estimate of drug-likeness (QED) is 0.921. The number of para-hydroxylation sites is 1. The lowest BCUT2D eigenvalue weighted by molar-refractivity contribution is -0.143. The summed E-state index contributed by atoms with van der Waals surface area (Å²) in [5, 5.41) is 12.8. The van der Waals surface area contributed by atoms with Gasteiger partial charge in [-0.2, -0.15) is 18.3 Å². The van der Waals surface area contributed by atoms with Crippen molar-refractivity contribution in [2.45, 2.75) is 6.18 Å². The molecule has 0 aliphatic carbocycles. The monoisotopic (exact) mass is 285 g/mol. The molecule has 0 saturated carbocycles. The molecule has 2 aromatic rings. The molecule has 0 saturated heterocycles. The van der Waals surface area contributed by atoms with Gasteiger partial charge in [0.2, 0.25) is 0 Å². The second kappa shape index (κ2) is 4.87. The van der Waals surface area contributed by atoms with Crippen LogP contribution in [0.5, 0.6) is 0 Å². The highest BCUT2D eigenvalue weighted by Gasteiger charge is 2.36. The minimum atomic E-state index is -4.60. The number of halogens is 3. The number of aryl methyl sites for hydroxylation is 1. The first kappa shape index (κ1) is 13.9. The van der Waals surface area contributed by atoms with Gasteiger partial charge in [-0.1, -0.05) is 18.2 Å². The Morgan fingerprint density at radius 3 is 2.35 bits per heavy atom. The number of nitrogens with zero attached hydrogens (tertiary/aromatic N) is 3. The summed E-state index contributed by atoms with van der Waals surface area (Å²) in [6.45, 7) is 0. The molecule has 5 nitrogen and oxygen atoms in total. The highest BCUT2D eigenvalue weighted by molar-refractivity contribution is 5.93. The normalized spacial score (nSPS) is 11.4. The molecule has 0 unspecified atom stereocenters. The van der Waals surface area contributed by atoms with E-state index < -0.39 is 18.0 Å². The van der Waals surface area contributed by atoms with Crippen LogP contribution in [-0.4, -0.2) is 21.0 Å². The molecule has 0 radical (unpaired) electrons. The number of amides is 1. The van der Waals surface area contributed by atoms with Crippen molar-refractivity contribution in [1.29, 1.82) is 0 Å². The molecule has 1 heterocycles. The van der Waals surface area contributed by atoms with Crippen LogP contribution in [0, 0.1) is 0 Å². The first-order valence-corrected chi connectivity index (χ1v) is 5.50. The van der Waals surface area contributed by atoms with Gasteiger partial charge in [0.05, 0.1) is 5.69 Å². The van der Waals surface area contributed by atoms with Gasteiger partial charge in [-0.15, -0.1) is 0 Å². The molecular weight excluding hydrogens is 275 g/mol. The third-order valence-corrected chi connectivity index (χ3v) is 2.59. The summed E-state index contributed by atoms with van der Waals surface area (Å²) in [5.74, 6) is -0.307. The fourth-order valence-corrected chi connectivity index (χ4v) is 1.74. The highest BCUT2D eigenvalue weighted by atomic mass is 19.4. The van der Waals surface area contributed by atoms with Crippen LogP contribution in [0.3, 0.4) is 0 Å². The molecule has 0 atom stereocenters. The van der Waals surface area contributed by atoms with Gasteiger partial charge in [-0.3, -0.25) is 4.68 Å². The van der Waals surface area contributed by atoms with Crippen molar-refractivity contribution >= 4 is 17.6 Å². The number of benzene rings is 1. The molecule has 1 amide bonds. The van der Waals surface area contributed by atoms with Crippen molar-refractivity contribution in [3.8, 4) is 0 Å². The lowest BCUT2D eigenvalue weighted by Crippen LogP contribution is -2.24. The van der Waals surface area contributed by atoms with Crippen molar-refractivity contribution in [2.24, 2.45) is 7.05 Å². The molecule has 8 heteroatoms. The van der Waals surface area contributed by atoms with Gasteiger partial charge in [-0.25, -0.2) is 9.69 Å². The van der Waals surface area contributed by atoms with E-state index in [4.69, 9.17) is 0 Å². The highest BCUT2D eigenvalue weighted by Crippen LogP contribution is 2.33. The zero-order chi connectivity index (χ0) is 14.9. The number of carbonyl (C=O) groups is 1. The van der Waals surface area contributed by atoms with Crippen molar-refractivity contribution in [1.82, 2.24) is 9.78 Å². The summed E-state index contributed by atoms with van der Waals surface area (Å²) in [4.78, 5) is 12.0. The van der Waals surface area contributed by atoms with Crippen LogP contribution in [0.1, 0.15) is 5.69 Å². The standard InChI is InChI=1S/C12H10F3N3O2/c1-17-9(12(13,14)15)7-10(16-17)18(11(19)20)8-5-3-2-4-6-8/h2-7H,1H3,(H,19,20). The molecule has 0 aliphatic rings. The van der Waals surface area contributed by atoms with Crippen LogP contribution < -0.4 is 4.90 Å². The van der Waals surface area contributed by atoms with Gasteiger partial charge < -0.3 is 5.11 Å². The van der Waals surface area contributed by atoms with E-state index in [1.807, 2.05) is 0 Å². The van der Waals surface area contributed by atoms with Crippen molar-refractivity contribution in [3.63, 3.8) is 0 Å². The molecule has 1 N–H and O–H groups in total. The zero-order valence-corrected chi connectivity index (χ0v) is 10.3. The smallest absolute Gasteiger partial charge is 0.433 e. The Morgan fingerprint density at radius 2 is 1.90 bits per heavy atom. The number of hydrogen-bond donors (Lipinski definition) is 1. The Kier molecular flexibility index (Phi) is 3.39. The van der Waals surface area contributed by atoms with E-state index in [1.54, 1.807) is 18.2 Å². The minimum Gasteiger partial charge on any atom is -0.464 e. The molecule has 0 bridgehead atoms. The third kappa shape index (κ3) is 2.58. The van der Waals surface area contributed by atoms with Crippen LogP contribution in [0.15, 0.2) is 36.4 Å². The Morgan fingerprint density at radius 1 is 1.30 bits per heavy atom. The fraction of sp³-hybridized carbons (Fsp3) is 0.167. The van der Waals surface area contributed by atoms with Crippen molar-refractivity contribution in [3.05, 3.63) is 42.1 Å². The predicted octanol–water partition coefficient (Wildman–Crippen LogP) is 3.26. The Hall–Kier alpha value is -2.51. The second-order valence-electron chi connectivity index (χ2n) is 3.96. The van der Waals surface area contributed by atoms with Crippen molar-refractivity contribution in [2.75, 3.05) is 4.90 Å². The Balaban J connectivity index is 2.50. The minimum absolute atomic E-state index is 0.215. The Bertz CT molecular complexity index is 623. The van der Waals surface area contributed by atoms with Gasteiger partial charge in [0.15, 0.2) is 5.82 Å². The number of rotatable bonds is 2. The number of aromatic nitrogens is 2. The third-order valence-electron chi connectivity index (χ3n) is 2.59. The maximum Gasteiger partial charge on any atom is 0.433 e. The van der Waals surface area contributed by atoms with E-state index >= 15 is 0 Å². The fourth-order valence-electron chi connectivity index (χ4n) is 1.74. The summed E-state index contributed by atoms with van der Waals surface area (Å²) in [6, 6.07) is 8.47. The second-order valence-corrected chi connectivity index (χ2v) is 3.96. The van der Waals surface area contributed by atoms with Gasteiger partial charge in [0.1, 0.15) is 5.69 Å². The summed E-state index contributed by atoms with van der Waals surface area (Å²) >= 11 is 0. The number of alkyl halides is 3. The van der Waals surface area contributed by atoms with Crippen LogP contribution >= 0.6 is 0 Å². The van der Waals surface area contributed by atoms with Crippen LogP contribution in [0.25, 0.3) is 0 Å². The topological polar surface area (TPSA) is 58.4 Å². The van der Waals surface area contributed by atoms with Crippen molar-refractivity contribution < 1.29 is 23.1 Å². The van der Waals surface area contributed by atoms with E-state index in [9.17, 15) is 23.1 Å². The number of carboxylic acid groups (broad SMARTS) is 1. The predicted molar refractivity (Wildman–Crippen MR) is 64.8 cm³/mol. The van der Waals surface area contributed by atoms with E-state index in [0.717, 1.165) is 7.05 Å². The van der Waals surface area contributed by atoms with E-state index in [-0.39, 0.29) is 11.5 Å². The summed E-state index contributed by atoms with van der Waals surface area (Å²) in [6.07, 6.45) is -6.01. The van der Waals surface area contributed by atoms with E-state index in [0.29, 0.717) is 15.6 Å². The largest absolute Gasteiger partial charge is 0.464 e. The molecule has 20 heavy (non-hydrogen) atoms. The average molecular weight is 285 g/mol. The van der Waals surface area contributed by atoms with Crippen LogP contribution in [0.4, 0.5) is 29.5 Å². The molecule has 0 fully saturated rings. The molecule has 0 spiro atoms. The molecule has 2 rings (SSSR count). The lowest BCUT2D eigenvalue weighted by atomic mass is 10.3. The molecule has 1 aromatic carbocycles. The lowest BCUT2D eigenvalue weighted by Gasteiger charge is -2.15.